The highest BCUT2D eigenvalue weighted by molar-refractivity contribution is 6.08. The van der Waals surface area contributed by atoms with Crippen LogP contribution in [0.4, 0.5) is 5.82 Å². The molecule has 4 rings (SSSR count). The van der Waals surface area contributed by atoms with Gasteiger partial charge in [-0.25, -0.2) is 14.8 Å². The number of hydrogen-bond acceptors (Lipinski definition) is 6. The first-order chi connectivity index (χ1) is 14.5. The minimum absolute atomic E-state index is 0.151. The van der Waals surface area contributed by atoms with Crippen LogP contribution < -0.4 is 5.73 Å². The number of carbonyl (C=O) groups excluding carboxylic acids is 1. The van der Waals surface area contributed by atoms with E-state index in [2.05, 4.69) is 0 Å². The third-order valence-corrected chi connectivity index (χ3v) is 5.12. The molecule has 0 saturated carbocycles. The van der Waals surface area contributed by atoms with Gasteiger partial charge in [0.15, 0.2) is 5.65 Å². The molecule has 154 valence electrons. The summed E-state index contributed by atoms with van der Waals surface area (Å²) in [7, 11) is 1.56. The fraction of sp³-hybridized carbons (Fsp3) is 0.261. The fourth-order valence-electron chi connectivity index (χ4n) is 3.67. The van der Waals surface area contributed by atoms with Gasteiger partial charge in [-0.1, -0.05) is 42.5 Å². The molecule has 0 aliphatic rings. The summed E-state index contributed by atoms with van der Waals surface area (Å²) >= 11 is 0. The Morgan fingerprint density at radius 2 is 1.67 bits per heavy atom. The van der Waals surface area contributed by atoms with E-state index in [1.807, 2.05) is 66.1 Å². The largest absolute Gasteiger partial charge is 0.456 e. The summed E-state index contributed by atoms with van der Waals surface area (Å²) < 4.78 is 12.5. The van der Waals surface area contributed by atoms with Gasteiger partial charge in [0.2, 0.25) is 0 Å². The van der Waals surface area contributed by atoms with Crippen LogP contribution in [-0.4, -0.2) is 40.3 Å². The van der Waals surface area contributed by atoms with Crippen molar-refractivity contribution in [3.05, 3.63) is 65.7 Å². The normalized spacial score (nSPS) is 13.4. The lowest BCUT2D eigenvalue weighted by Gasteiger charge is -2.17. The smallest absolute Gasteiger partial charge is 0.344 e. The molecule has 0 radical (unpaired) electrons. The molecule has 0 saturated heterocycles. The lowest BCUT2D eigenvalue weighted by Crippen LogP contribution is -2.20. The van der Waals surface area contributed by atoms with Crippen LogP contribution in [0.5, 0.6) is 0 Å². The minimum Gasteiger partial charge on any atom is -0.456 e. The second-order valence-corrected chi connectivity index (χ2v) is 7.27. The summed E-state index contributed by atoms with van der Waals surface area (Å²) in [4.78, 5) is 22.5. The molecule has 0 bridgehead atoms. The molecule has 7 nitrogen and oxygen atoms in total. The zero-order chi connectivity index (χ0) is 21.3. The van der Waals surface area contributed by atoms with Crippen LogP contribution >= 0.6 is 0 Å². The highest BCUT2D eigenvalue weighted by atomic mass is 16.6. The van der Waals surface area contributed by atoms with Gasteiger partial charge in [0.1, 0.15) is 23.0 Å². The number of nitrogens with two attached hydrogens (primary N) is 1. The molecule has 30 heavy (non-hydrogen) atoms. The van der Waals surface area contributed by atoms with E-state index in [9.17, 15) is 4.79 Å². The first kappa shape index (κ1) is 19.8. The van der Waals surface area contributed by atoms with Crippen molar-refractivity contribution in [2.45, 2.75) is 26.0 Å². The highest BCUT2D eigenvalue weighted by Gasteiger charge is 2.28. The second-order valence-electron chi connectivity index (χ2n) is 7.27. The van der Waals surface area contributed by atoms with E-state index in [0.29, 0.717) is 23.3 Å². The topological polar surface area (TPSA) is 92.3 Å². The Bertz CT molecular complexity index is 1200. The predicted octanol–water partition coefficient (Wildman–Crippen LogP) is 3.97. The zero-order valence-electron chi connectivity index (χ0n) is 17.2. The standard InChI is InChI=1S/C23H24N4O3/c1-14(13-29-3)30-23(28)19-20-22(26-18-12-8-7-11-17(18)25-20)27(21(19)24)15(2)16-9-5-4-6-10-16/h4-12,14-15H,13,24H2,1-3H3/t14-,15-/m0/s1. The summed E-state index contributed by atoms with van der Waals surface area (Å²) in [5.41, 5.74) is 10.2. The van der Waals surface area contributed by atoms with Crippen LogP contribution in [0.1, 0.15) is 35.8 Å². The van der Waals surface area contributed by atoms with Crippen molar-refractivity contribution in [2.24, 2.45) is 0 Å². The number of para-hydroxylation sites is 2. The van der Waals surface area contributed by atoms with E-state index in [4.69, 9.17) is 25.2 Å². The number of carbonyl (C=O) groups is 1. The minimum atomic E-state index is -0.536. The Labute approximate surface area is 174 Å². The van der Waals surface area contributed by atoms with Crippen molar-refractivity contribution in [3.8, 4) is 0 Å². The number of methoxy groups -OCH3 is 1. The highest BCUT2D eigenvalue weighted by Crippen LogP contribution is 2.33. The van der Waals surface area contributed by atoms with E-state index in [1.165, 1.54) is 0 Å². The molecule has 2 heterocycles. The van der Waals surface area contributed by atoms with Gasteiger partial charge in [-0.3, -0.25) is 0 Å². The van der Waals surface area contributed by atoms with Gasteiger partial charge in [-0.05, 0) is 31.5 Å². The van der Waals surface area contributed by atoms with E-state index in [-0.39, 0.29) is 17.4 Å². The average molecular weight is 404 g/mol. The number of fused-ring (bicyclic) bond motifs is 2. The van der Waals surface area contributed by atoms with Gasteiger partial charge in [-0.15, -0.1) is 0 Å². The maximum atomic E-state index is 13.0. The molecule has 0 amide bonds. The molecule has 4 aromatic rings. The average Bonchev–Trinajstić information content (AvgIpc) is 3.03. The summed E-state index contributed by atoms with van der Waals surface area (Å²) in [5, 5.41) is 0. The van der Waals surface area contributed by atoms with E-state index in [0.717, 1.165) is 11.1 Å². The number of ether oxygens (including phenoxy) is 2. The Morgan fingerprint density at radius 1 is 1.03 bits per heavy atom. The van der Waals surface area contributed by atoms with Gasteiger partial charge < -0.3 is 19.8 Å². The van der Waals surface area contributed by atoms with Crippen molar-refractivity contribution in [3.63, 3.8) is 0 Å². The zero-order valence-corrected chi connectivity index (χ0v) is 17.2. The van der Waals surface area contributed by atoms with Gasteiger partial charge in [0.25, 0.3) is 0 Å². The quantitative estimate of drug-likeness (QED) is 0.489. The summed E-state index contributed by atoms with van der Waals surface area (Å²) in [5.74, 6) is -0.253. The Hall–Kier alpha value is -3.45. The maximum absolute atomic E-state index is 13.0. The molecule has 7 heteroatoms. The Kier molecular flexibility index (Phi) is 5.37. The number of benzene rings is 2. The third-order valence-electron chi connectivity index (χ3n) is 5.12. The van der Waals surface area contributed by atoms with Crippen LogP contribution in [-0.2, 0) is 9.47 Å². The van der Waals surface area contributed by atoms with Crippen molar-refractivity contribution in [2.75, 3.05) is 19.5 Å². The van der Waals surface area contributed by atoms with E-state index >= 15 is 0 Å². The number of aromatic nitrogens is 3. The van der Waals surface area contributed by atoms with Crippen molar-refractivity contribution < 1.29 is 14.3 Å². The van der Waals surface area contributed by atoms with Crippen LogP contribution in [0.3, 0.4) is 0 Å². The number of hydrogen-bond donors (Lipinski definition) is 1. The SMILES string of the molecule is COC[C@H](C)OC(=O)c1c(N)n([C@@H](C)c2ccccc2)c2nc3ccccc3nc12. The maximum Gasteiger partial charge on any atom is 0.344 e. The van der Waals surface area contributed by atoms with Crippen LogP contribution in [0.2, 0.25) is 0 Å². The van der Waals surface area contributed by atoms with Crippen molar-refractivity contribution in [1.29, 1.82) is 0 Å². The summed E-state index contributed by atoms with van der Waals surface area (Å²) in [6.07, 6.45) is -0.416. The predicted molar refractivity (Wildman–Crippen MR) is 116 cm³/mol. The third kappa shape index (κ3) is 3.48. The first-order valence-electron chi connectivity index (χ1n) is 9.82. The molecule has 2 N–H and O–H groups in total. The van der Waals surface area contributed by atoms with Crippen LogP contribution in [0.15, 0.2) is 54.6 Å². The van der Waals surface area contributed by atoms with Gasteiger partial charge in [-0.2, -0.15) is 0 Å². The number of esters is 1. The number of anilines is 1. The molecule has 2 aromatic carbocycles. The fourth-order valence-corrected chi connectivity index (χ4v) is 3.67. The number of rotatable bonds is 6. The van der Waals surface area contributed by atoms with Crippen molar-refractivity contribution in [1.82, 2.24) is 14.5 Å². The molecule has 2 aromatic heterocycles. The molecule has 0 unspecified atom stereocenters. The van der Waals surface area contributed by atoms with Crippen molar-refractivity contribution >= 4 is 34.0 Å². The molecule has 0 aliphatic carbocycles. The van der Waals surface area contributed by atoms with E-state index < -0.39 is 12.1 Å². The number of nitrogens with zero attached hydrogens (tertiary/aromatic N) is 3. The van der Waals surface area contributed by atoms with Crippen LogP contribution in [0, 0.1) is 0 Å². The molecular formula is C23H24N4O3. The summed E-state index contributed by atoms with van der Waals surface area (Å²) in [6.45, 7) is 4.08. The molecule has 0 spiro atoms. The monoisotopic (exact) mass is 404 g/mol. The van der Waals surface area contributed by atoms with E-state index in [1.54, 1.807) is 14.0 Å². The van der Waals surface area contributed by atoms with Gasteiger partial charge in [0.05, 0.1) is 23.7 Å². The molecular weight excluding hydrogens is 380 g/mol. The van der Waals surface area contributed by atoms with Crippen LogP contribution in [0.25, 0.3) is 22.2 Å². The van der Waals surface area contributed by atoms with Gasteiger partial charge in [0, 0.05) is 7.11 Å². The summed E-state index contributed by atoms with van der Waals surface area (Å²) in [6, 6.07) is 17.3. The Morgan fingerprint density at radius 3 is 2.33 bits per heavy atom. The number of nitrogen functional groups attached to an aromatic ring is 1. The molecule has 2 atom stereocenters. The first-order valence-corrected chi connectivity index (χ1v) is 9.82. The molecule has 0 fully saturated rings. The van der Waals surface area contributed by atoms with Gasteiger partial charge >= 0.3 is 5.97 Å². The Balaban J connectivity index is 1.93. The molecule has 0 aliphatic heterocycles. The lowest BCUT2D eigenvalue weighted by molar-refractivity contribution is 0.0123. The lowest BCUT2D eigenvalue weighted by atomic mass is 10.1. The second kappa shape index (κ2) is 8.12.